The Morgan fingerprint density at radius 2 is 2.05 bits per heavy atom. The molecule has 0 heterocycles. The summed E-state index contributed by atoms with van der Waals surface area (Å²) in [6.45, 7) is 1.83. The summed E-state index contributed by atoms with van der Waals surface area (Å²) >= 11 is 0. The molecule has 2 unspecified atom stereocenters. The van der Waals surface area contributed by atoms with Crippen LogP contribution in [0.1, 0.15) is 39.0 Å². The van der Waals surface area contributed by atoms with E-state index in [0.717, 1.165) is 37.8 Å². The fraction of sp³-hybridized carbons (Fsp3) is 0.643. The summed E-state index contributed by atoms with van der Waals surface area (Å²) in [6.07, 6.45) is 6.66. The summed E-state index contributed by atoms with van der Waals surface area (Å²) in [5.41, 5.74) is 0. The van der Waals surface area contributed by atoms with E-state index in [1.165, 1.54) is 7.11 Å². The molecule has 0 radical (unpaired) electrons. The van der Waals surface area contributed by atoms with Crippen LogP contribution in [0.4, 0.5) is 0 Å². The zero-order valence-corrected chi connectivity index (χ0v) is 11.5. The maximum absolute atomic E-state index is 11.9. The number of nitrogens with one attached hydrogen (secondary N) is 1. The fourth-order valence-corrected chi connectivity index (χ4v) is 2.30. The number of ether oxygens (including phenoxy) is 1. The molecule has 0 aromatic carbocycles. The molecule has 1 amide bonds. The van der Waals surface area contributed by atoms with E-state index in [1.807, 2.05) is 6.92 Å². The molecule has 0 spiro atoms. The van der Waals surface area contributed by atoms with E-state index in [-0.39, 0.29) is 23.7 Å². The first-order valence-corrected chi connectivity index (χ1v) is 6.64. The largest absolute Gasteiger partial charge is 0.466 e. The maximum Gasteiger partial charge on any atom is 0.330 e. The Morgan fingerprint density at radius 1 is 1.32 bits per heavy atom. The highest BCUT2D eigenvalue weighted by Gasteiger charge is 2.26. The van der Waals surface area contributed by atoms with Crippen LogP contribution in [0.3, 0.4) is 0 Å². The predicted molar refractivity (Wildman–Crippen MR) is 70.3 cm³/mol. The molecule has 1 saturated carbocycles. The molecular formula is C14H21NO4. The number of amides is 1. The normalized spacial score (nSPS) is 21.8. The Balaban J connectivity index is 2.50. The molecule has 0 aromatic heterocycles. The van der Waals surface area contributed by atoms with Gasteiger partial charge in [-0.1, -0.05) is 12.8 Å². The lowest BCUT2D eigenvalue weighted by atomic mass is 9.92. The van der Waals surface area contributed by atoms with Gasteiger partial charge < -0.3 is 10.1 Å². The van der Waals surface area contributed by atoms with E-state index in [4.69, 9.17) is 0 Å². The minimum atomic E-state index is -0.576. The second-order valence-electron chi connectivity index (χ2n) is 4.83. The molecule has 2 atom stereocenters. The summed E-state index contributed by atoms with van der Waals surface area (Å²) in [5, 5.41) is 2.73. The highest BCUT2D eigenvalue weighted by atomic mass is 16.5. The van der Waals surface area contributed by atoms with Crippen molar-refractivity contribution in [1.29, 1.82) is 0 Å². The van der Waals surface area contributed by atoms with Gasteiger partial charge in [0.15, 0.2) is 0 Å². The molecule has 1 aliphatic carbocycles. The van der Waals surface area contributed by atoms with Gasteiger partial charge in [-0.25, -0.2) is 4.79 Å². The van der Waals surface area contributed by atoms with E-state index in [0.29, 0.717) is 6.42 Å². The second kappa shape index (κ2) is 7.71. The van der Waals surface area contributed by atoms with Gasteiger partial charge in [-0.05, 0) is 19.8 Å². The molecule has 1 fully saturated rings. The number of rotatable bonds is 4. The lowest BCUT2D eigenvalue weighted by Gasteiger charge is -2.21. The van der Waals surface area contributed by atoms with Crippen LogP contribution >= 0.6 is 0 Å². The third-order valence-electron chi connectivity index (χ3n) is 3.40. The number of hydrogen-bond acceptors (Lipinski definition) is 4. The molecule has 0 saturated heterocycles. The average molecular weight is 267 g/mol. The van der Waals surface area contributed by atoms with Crippen LogP contribution in [-0.2, 0) is 19.1 Å². The van der Waals surface area contributed by atoms with E-state index in [9.17, 15) is 14.4 Å². The average Bonchev–Trinajstić information content (AvgIpc) is 2.60. The van der Waals surface area contributed by atoms with E-state index in [2.05, 4.69) is 10.1 Å². The monoisotopic (exact) mass is 267 g/mol. The van der Waals surface area contributed by atoms with Gasteiger partial charge in [-0.2, -0.15) is 0 Å². The Bertz CT molecular complexity index is 376. The van der Waals surface area contributed by atoms with E-state index >= 15 is 0 Å². The van der Waals surface area contributed by atoms with Crippen molar-refractivity contribution in [1.82, 2.24) is 5.32 Å². The summed E-state index contributed by atoms with van der Waals surface area (Å²) in [6, 6.07) is -0.208. The minimum absolute atomic E-state index is 0.113. The number of Topliss-reactive ketones (excluding diaryl/α,β-unsaturated/α-hetero) is 1. The van der Waals surface area contributed by atoms with Crippen molar-refractivity contribution in [2.24, 2.45) is 5.92 Å². The minimum Gasteiger partial charge on any atom is -0.466 e. The summed E-state index contributed by atoms with van der Waals surface area (Å²) in [7, 11) is 1.25. The van der Waals surface area contributed by atoms with Crippen molar-refractivity contribution in [3.05, 3.63) is 12.2 Å². The van der Waals surface area contributed by atoms with Crippen LogP contribution < -0.4 is 5.32 Å². The summed E-state index contributed by atoms with van der Waals surface area (Å²) in [4.78, 5) is 34.4. The maximum atomic E-state index is 11.9. The van der Waals surface area contributed by atoms with Gasteiger partial charge >= 0.3 is 5.97 Å². The number of carbonyl (C=O) groups is 3. The van der Waals surface area contributed by atoms with Crippen molar-refractivity contribution in [3.63, 3.8) is 0 Å². The molecule has 1 rings (SSSR count). The molecule has 0 aliphatic heterocycles. The van der Waals surface area contributed by atoms with Gasteiger partial charge in [0.2, 0.25) is 5.91 Å². The van der Waals surface area contributed by atoms with Gasteiger partial charge in [0.1, 0.15) is 5.78 Å². The first-order chi connectivity index (χ1) is 9.04. The second-order valence-corrected chi connectivity index (χ2v) is 4.83. The Morgan fingerprint density at radius 3 is 2.74 bits per heavy atom. The Labute approximate surface area is 113 Å². The molecular weight excluding hydrogens is 246 g/mol. The van der Waals surface area contributed by atoms with Gasteiger partial charge in [-0.3, -0.25) is 9.59 Å². The predicted octanol–water partition coefficient (Wildman–Crippen LogP) is 1.37. The van der Waals surface area contributed by atoms with E-state index < -0.39 is 5.97 Å². The highest BCUT2D eigenvalue weighted by Crippen LogP contribution is 2.22. The summed E-state index contributed by atoms with van der Waals surface area (Å²) < 4.78 is 4.40. The number of esters is 1. The third kappa shape index (κ3) is 5.24. The molecule has 1 aliphatic rings. The quantitative estimate of drug-likeness (QED) is 0.474. The highest BCUT2D eigenvalue weighted by molar-refractivity contribution is 5.95. The zero-order chi connectivity index (χ0) is 14.3. The molecule has 5 nitrogen and oxygen atoms in total. The first-order valence-electron chi connectivity index (χ1n) is 6.64. The van der Waals surface area contributed by atoms with Crippen molar-refractivity contribution in [3.8, 4) is 0 Å². The smallest absolute Gasteiger partial charge is 0.330 e. The van der Waals surface area contributed by atoms with Gasteiger partial charge in [0, 0.05) is 30.5 Å². The molecule has 1 N–H and O–H groups in total. The van der Waals surface area contributed by atoms with Crippen LogP contribution in [-0.4, -0.2) is 30.8 Å². The van der Waals surface area contributed by atoms with Gasteiger partial charge in [0.05, 0.1) is 7.11 Å². The van der Waals surface area contributed by atoms with Crippen LogP contribution in [0.15, 0.2) is 12.2 Å². The van der Waals surface area contributed by atoms with Crippen molar-refractivity contribution >= 4 is 17.7 Å². The number of methoxy groups -OCH3 is 1. The van der Waals surface area contributed by atoms with Crippen LogP contribution in [0.2, 0.25) is 0 Å². The standard InChI is InChI=1S/C14H21NO4/c1-10(11-6-4-3-5-7-12(11)16)15-13(17)8-9-14(18)19-2/h8-11H,3-7H2,1-2H3,(H,15,17)/b9-8-. The molecule has 19 heavy (non-hydrogen) atoms. The van der Waals surface area contributed by atoms with Gasteiger partial charge in [-0.15, -0.1) is 0 Å². The molecule has 0 bridgehead atoms. The first kappa shape index (κ1) is 15.4. The van der Waals surface area contributed by atoms with Crippen molar-refractivity contribution in [2.75, 3.05) is 7.11 Å². The number of ketones is 1. The topological polar surface area (TPSA) is 72.5 Å². The number of carbonyl (C=O) groups excluding carboxylic acids is 3. The van der Waals surface area contributed by atoms with Crippen LogP contribution in [0, 0.1) is 5.92 Å². The van der Waals surface area contributed by atoms with Crippen LogP contribution in [0.25, 0.3) is 0 Å². The lowest BCUT2D eigenvalue weighted by molar-refractivity contribution is -0.135. The fourth-order valence-electron chi connectivity index (χ4n) is 2.30. The van der Waals surface area contributed by atoms with Crippen molar-refractivity contribution < 1.29 is 19.1 Å². The Kier molecular flexibility index (Phi) is 6.25. The summed E-state index contributed by atoms with van der Waals surface area (Å²) in [5.74, 6) is -0.844. The van der Waals surface area contributed by atoms with Crippen molar-refractivity contribution in [2.45, 2.75) is 45.1 Å². The Hall–Kier alpha value is -1.65. The third-order valence-corrected chi connectivity index (χ3v) is 3.40. The zero-order valence-electron chi connectivity index (χ0n) is 11.5. The lowest BCUT2D eigenvalue weighted by Crippen LogP contribution is -2.40. The SMILES string of the molecule is COC(=O)/C=C\C(=O)NC(C)C1CCCCCC1=O. The molecule has 5 heteroatoms. The molecule has 0 aromatic rings. The van der Waals surface area contributed by atoms with Crippen LogP contribution in [0.5, 0.6) is 0 Å². The van der Waals surface area contributed by atoms with E-state index in [1.54, 1.807) is 0 Å². The van der Waals surface area contributed by atoms with Gasteiger partial charge in [0.25, 0.3) is 0 Å². The number of hydrogen-bond donors (Lipinski definition) is 1. The molecule has 106 valence electrons.